The van der Waals surface area contributed by atoms with E-state index in [2.05, 4.69) is 10.3 Å². The average Bonchev–Trinajstić information content (AvgIpc) is 3.28. The maximum atomic E-state index is 16.1. The fourth-order valence-corrected chi connectivity index (χ4v) is 5.08. The number of amides is 1. The van der Waals surface area contributed by atoms with Gasteiger partial charge in [-0.2, -0.15) is 0 Å². The zero-order chi connectivity index (χ0) is 25.5. The molecule has 0 saturated heterocycles. The highest BCUT2D eigenvalue weighted by Crippen LogP contribution is 2.43. The number of alkyl carbamates (subject to hydrolysis) is 1. The number of carbonyl (C=O) groups excluding carboxylic acids is 1. The number of ether oxygens (including phenoxy) is 2. The predicted octanol–water partition coefficient (Wildman–Crippen LogP) is 6.49. The van der Waals surface area contributed by atoms with Crippen LogP contribution in [-0.2, 0) is 4.74 Å². The van der Waals surface area contributed by atoms with Crippen LogP contribution >= 0.6 is 11.3 Å². The monoisotopic (exact) mass is 496 g/mol. The van der Waals surface area contributed by atoms with Crippen LogP contribution in [0, 0.1) is 12.7 Å². The van der Waals surface area contributed by atoms with Gasteiger partial charge < -0.3 is 19.8 Å². The molecule has 0 aliphatic rings. The second-order valence-electron chi connectivity index (χ2n) is 9.63. The summed E-state index contributed by atoms with van der Waals surface area (Å²) in [7, 11) is 1.55. The van der Waals surface area contributed by atoms with E-state index >= 15 is 4.39 Å². The third kappa shape index (κ3) is 4.75. The lowest BCUT2D eigenvalue weighted by Gasteiger charge is -2.22. The zero-order valence-corrected chi connectivity index (χ0v) is 21.5. The van der Waals surface area contributed by atoms with Gasteiger partial charge in [0, 0.05) is 34.4 Å². The van der Waals surface area contributed by atoms with Crippen molar-refractivity contribution in [1.82, 2.24) is 10.3 Å². The van der Waals surface area contributed by atoms with Crippen LogP contribution in [0.2, 0.25) is 0 Å². The topological polar surface area (TPSA) is 80.4 Å². The van der Waals surface area contributed by atoms with Crippen molar-refractivity contribution in [3.63, 3.8) is 0 Å². The van der Waals surface area contributed by atoms with Gasteiger partial charge in [0.1, 0.15) is 21.9 Å². The number of fused-ring (bicyclic) bond motifs is 3. The Kier molecular flexibility index (Phi) is 6.60. The molecular weight excluding hydrogens is 467 g/mol. The first-order chi connectivity index (χ1) is 16.5. The Labute approximate surface area is 207 Å². The quantitative estimate of drug-likeness (QED) is 0.331. The summed E-state index contributed by atoms with van der Waals surface area (Å²) in [4.78, 5) is 27.7. The van der Waals surface area contributed by atoms with Gasteiger partial charge in [-0.3, -0.25) is 4.79 Å². The Morgan fingerprint density at radius 3 is 2.69 bits per heavy atom. The summed E-state index contributed by atoms with van der Waals surface area (Å²) in [5.74, 6) is -0.194. The molecule has 2 N–H and O–H groups in total. The molecule has 0 aliphatic heterocycles. The smallest absolute Gasteiger partial charge is 0.407 e. The number of H-pyrrole nitrogens is 1. The first-order valence-electron chi connectivity index (χ1n) is 11.4. The molecule has 4 aromatic rings. The Morgan fingerprint density at radius 2 is 2.00 bits per heavy atom. The van der Waals surface area contributed by atoms with Gasteiger partial charge in [-0.15, -0.1) is 11.3 Å². The second kappa shape index (κ2) is 9.34. The highest BCUT2D eigenvalue weighted by atomic mass is 32.1. The summed E-state index contributed by atoms with van der Waals surface area (Å²) in [6.45, 7) is 9.31. The zero-order valence-electron chi connectivity index (χ0n) is 20.7. The highest BCUT2D eigenvalue weighted by molar-refractivity contribution is 7.17. The number of thiophene rings is 1. The van der Waals surface area contributed by atoms with Crippen molar-refractivity contribution in [2.45, 2.75) is 46.1 Å². The summed E-state index contributed by atoms with van der Waals surface area (Å²) >= 11 is 1.35. The minimum Gasteiger partial charge on any atom is -0.496 e. The third-order valence-corrected chi connectivity index (χ3v) is 6.78. The molecule has 0 saturated carbocycles. The van der Waals surface area contributed by atoms with Crippen molar-refractivity contribution in [2.24, 2.45) is 0 Å². The van der Waals surface area contributed by atoms with Crippen LogP contribution < -0.4 is 15.6 Å². The van der Waals surface area contributed by atoms with E-state index in [-0.39, 0.29) is 18.0 Å². The number of halogens is 1. The standard InChI is InChI=1S/C27H29FN2O4S/c1-14-12-19(33-6)20(21-18-10-11-35-24(18)25(31)30-23(14)21)17-9-7-8-16(22(17)28)15(2)13-29-26(32)34-27(3,4)5/h7-12,15H,13H2,1-6H3,(H,29,32)(H,30,31)/t15-/m1/s1. The van der Waals surface area contributed by atoms with Crippen LogP contribution in [0.25, 0.3) is 32.1 Å². The summed E-state index contributed by atoms with van der Waals surface area (Å²) in [5.41, 5.74) is 2.11. The van der Waals surface area contributed by atoms with Gasteiger partial charge in [-0.25, -0.2) is 9.18 Å². The second-order valence-corrected chi connectivity index (χ2v) is 10.5. The first-order valence-corrected chi connectivity index (χ1v) is 12.3. The lowest BCUT2D eigenvalue weighted by molar-refractivity contribution is 0.0525. The van der Waals surface area contributed by atoms with E-state index in [0.717, 1.165) is 16.3 Å². The summed E-state index contributed by atoms with van der Waals surface area (Å²) in [6, 6.07) is 8.91. The number of hydrogen-bond acceptors (Lipinski definition) is 5. The molecule has 6 nitrogen and oxygen atoms in total. The number of nitrogens with one attached hydrogen (secondary N) is 2. The van der Waals surface area contributed by atoms with Crippen molar-refractivity contribution >= 4 is 38.4 Å². The molecule has 184 valence electrons. The largest absolute Gasteiger partial charge is 0.496 e. The van der Waals surface area contributed by atoms with Crippen molar-refractivity contribution in [2.75, 3.05) is 13.7 Å². The molecule has 4 rings (SSSR count). The number of carbonyl (C=O) groups is 1. The Balaban J connectivity index is 1.84. The van der Waals surface area contributed by atoms with Crippen molar-refractivity contribution < 1.29 is 18.7 Å². The van der Waals surface area contributed by atoms with Crippen LogP contribution in [0.1, 0.15) is 44.7 Å². The van der Waals surface area contributed by atoms with E-state index in [1.54, 1.807) is 46.1 Å². The maximum Gasteiger partial charge on any atom is 0.407 e. The molecule has 2 aromatic carbocycles. The Hall–Kier alpha value is -3.39. The number of aryl methyl sites for hydroxylation is 1. The SMILES string of the molecule is COc1cc(C)c2[nH]c(=O)c3sccc3c2c1-c1cccc([C@H](C)CNC(=O)OC(C)(C)C)c1F. The number of aromatic amines is 1. The fraction of sp³-hybridized carbons (Fsp3) is 0.333. The number of methoxy groups -OCH3 is 1. The molecule has 35 heavy (non-hydrogen) atoms. The van der Waals surface area contributed by atoms with Gasteiger partial charge >= 0.3 is 6.09 Å². The van der Waals surface area contributed by atoms with Crippen molar-refractivity contribution in [3.05, 3.63) is 63.0 Å². The molecule has 2 heterocycles. The molecule has 1 atom stereocenters. The minimum absolute atomic E-state index is 0.169. The average molecular weight is 497 g/mol. The summed E-state index contributed by atoms with van der Waals surface area (Å²) < 4.78 is 27.7. The van der Waals surface area contributed by atoms with Crippen LogP contribution in [0.5, 0.6) is 5.75 Å². The van der Waals surface area contributed by atoms with Crippen LogP contribution in [0.3, 0.4) is 0 Å². The van der Waals surface area contributed by atoms with E-state index in [4.69, 9.17) is 9.47 Å². The number of hydrogen-bond donors (Lipinski definition) is 2. The molecule has 1 amide bonds. The molecular formula is C27H29FN2O4S. The minimum atomic E-state index is -0.616. The first kappa shape index (κ1) is 24.7. The molecule has 0 aliphatic carbocycles. The van der Waals surface area contributed by atoms with Crippen LogP contribution in [-0.4, -0.2) is 30.3 Å². The summed E-state index contributed by atoms with van der Waals surface area (Å²) in [6.07, 6.45) is -0.545. The number of pyridine rings is 1. The summed E-state index contributed by atoms with van der Waals surface area (Å²) in [5, 5.41) is 6.08. The van der Waals surface area contributed by atoms with Gasteiger partial charge in [-0.1, -0.05) is 25.1 Å². The third-order valence-electron chi connectivity index (χ3n) is 5.87. The van der Waals surface area contributed by atoms with Gasteiger partial charge in [0.05, 0.1) is 12.6 Å². The van der Waals surface area contributed by atoms with E-state index in [0.29, 0.717) is 32.7 Å². The lowest BCUT2D eigenvalue weighted by Crippen LogP contribution is -2.34. The van der Waals surface area contributed by atoms with Gasteiger partial charge in [-0.05, 0) is 56.3 Å². The molecule has 2 aromatic heterocycles. The van der Waals surface area contributed by atoms with Gasteiger partial charge in [0.25, 0.3) is 5.56 Å². The van der Waals surface area contributed by atoms with E-state index in [9.17, 15) is 9.59 Å². The molecule has 0 unspecified atom stereocenters. The fourth-order valence-electron chi connectivity index (χ4n) is 4.28. The molecule has 0 bridgehead atoms. The highest BCUT2D eigenvalue weighted by Gasteiger charge is 2.23. The van der Waals surface area contributed by atoms with Crippen molar-refractivity contribution in [1.29, 1.82) is 0 Å². The molecule has 8 heteroatoms. The molecule has 0 radical (unpaired) electrons. The normalized spacial score (nSPS) is 12.7. The number of benzene rings is 2. The Bertz CT molecular complexity index is 1480. The van der Waals surface area contributed by atoms with Gasteiger partial charge in [0.2, 0.25) is 0 Å². The molecule has 0 spiro atoms. The van der Waals surface area contributed by atoms with E-state index in [1.165, 1.54) is 11.3 Å². The van der Waals surface area contributed by atoms with E-state index in [1.807, 2.05) is 31.4 Å². The van der Waals surface area contributed by atoms with E-state index < -0.39 is 17.5 Å². The number of rotatable bonds is 5. The number of aromatic nitrogens is 1. The van der Waals surface area contributed by atoms with Crippen LogP contribution in [0.4, 0.5) is 9.18 Å². The van der Waals surface area contributed by atoms with Crippen LogP contribution in [0.15, 0.2) is 40.5 Å². The molecule has 0 fully saturated rings. The lowest BCUT2D eigenvalue weighted by atomic mass is 9.91. The van der Waals surface area contributed by atoms with Crippen molar-refractivity contribution in [3.8, 4) is 16.9 Å². The maximum absolute atomic E-state index is 16.1. The predicted molar refractivity (Wildman–Crippen MR) is 139 cm³/mol. The van der Waals surface area contributed by atoms with Gasteiger partial charge in [0.15, 0.2) is 0 Å². The Morgan fingerprint density at radius 1 is 1.26 bits per heavy atom.